The van der Waals surface area contributed by atoms with Crippen molar-refractivity contribution in [3.63, 3.8) is 0 Å². The molecule has 0 aliphatic rings. The zero-order valence-corrected chi connectivity index (χ0v) is 13.9. The lowest BCUT2D eigenvalue weighted by Crippen LogP contribution is -2.15. The summed E-state index contributed by atoms with van der Waals surface area (Å²) in [6, 6.07) is 18.6. The van der Waals surface area contributed by atoms with Gasteiger partial charge in [-0.2, -0.15) is 0 Å². The van der Waals surface area contributed by atoms with Crippen molar-refractivity contribution < 1.29 is 9.53 Å². The Morgan fingerprint density at radius 3 is 2.33 bits per heavy atom. The second-order valence-electron chi connectivity index (χ2n) is 4.93. The molecule has 1 aromatic heterocycles. The van der Waals surface area contributed by atoms with E-state index in [-0.39, 0.29) is 17.9 Å². The molecule has 24 heavy (non-hydrogen) atoms. The van der Waals surface area contributed by atoms with Crippen molar-refractivity contribution in [2.75, 3.05) is 6.61 Å². The van der Waals surface area contributed by atoms with Gasteiger partial charge < -0.3 is 4.74 Å². The number of aromatic amines is 1. The summed E-state index contributed by atoms with van der Waals surface area (Å²) in [6.07, 6.45) is 0. The summed E-state index contributed by atoms with van der Waals surface area (Å²) in [5, 5.41) is 2.88. The molecule has 0 unspecified atom stereocenters. The Balaban J connectivity index is 2.09. The Kier molecular flexibility index (Phi) is 4.86. The summed E-state index contributed by atoms with van der Waals surface area (Å²) in [4.78, 5) is 26.2. The molecule has 0 aliphatic heterocycles. The Bertz CT molecular complexity index is 886. The van der Waals surface area contributed by atoms with E-state index >= 15 is 0 Å². The smallest absolute Gasteiger partial charge is 0.357 e. The number of nitrogens with zero attached hydrogens (tertiary/aromatic N) is 1. The number of nitrogens with one attached hydrogen (secondary N) is 1. The first-order chi connectivity index (χ1) is 11.7. The van der Waals surface area contributed by atoms with Gasteiger partial charge in [-0.05, 0) is 31.2 Å². The minimum atomic E-state index is -0.539. The van der Waals surface area contributed by atoms with Gasteiger partial charge in [0.15, 0.2) is 5.69 Å². The van der Waals surface area contributed by atoms with Crippen LogP contribution >= 0.6 is 11.8 Å². The predicted octanol–water partition coefficient (Wildman–Crippen LogP) is 3.49. The molecule has 0 amide bonds. The monoisotopic (exact) mass is 340 g/mol. The number of esters is 1. The molecule has 0 atom stereocenters. The van der Waals surface area contributed by atoms with E-state index in [1.54, 1.807) is 19.1 Å². The number of hydrogen-bond donors (Lipinski definition) is 1. The zero-order valence-electron chi connectivity index (χ0n) is 13.1. The van der Waals surface area contributed by atoms with E-state index < -0.39 is 5.97 Å². The van der Waals surface area contributed by atoms with Gasteiger partial charge in [0.1, 0.15) is 4.90 Å². The fraction of sp³-hybridized carbons (Fsp3) is 0.111. The highest BCUT2D eigenvalue weighted by Crippen LogP contribution is 2.28. The van der Waals surface area contributed by atoms with Crippen molar-refractivity contribution in [3.05, 3.63) is 76.7 Å². The normalized spacial score (nSPS) is 10.5. The summed E-state index contributed by atoms with van der Waals surface area (Å²) in [5.41, 5.74) is 0.547. The quantitative estimate of drug-likeness (QED) is 0.722. The number of ether oxygens (including phenoxy) is 1. The first kappa shape index (κ1) is 16.1. The lowest BCUT2D eigenvalue weighted by atomic mass is 10.3. The van der Waals surface area contributed by atoms with Crippen LogP contribution in [0.2, 0.25) is 0 Å². The second kappa shape index (κ2) is 7.23. The summed E-state index contributed by atoms with van der Waals surface area (Å²) in [5.74, 6) is -0.539. The van der Waals surface area contributed by atoms with Crippen LogP contribution in [0, 0.1) is 0 Å². The van der Waals surface area contributed by atoms with Gasteiger partial charge in [-0.1, -0.05) is 48.2 Å². The molecule has 1 heterocycles. The Hall–Kier alpha value is -2.73. The van der Waals surface area contributed by atoms with Crippen LogP contribution in [0.5, 0.6) is 0 Å². The van der Waals surface area contributed by atoms with Gasteiger partial charge in [-0.15, -0.1) is 0 Å². The number of H-pyrrole nitrogens is 1. The van der Waals surface area contributed by atoms with E-state index in [2.05, 4.69) is 5.10 Å². The zero-order chi connectivity index (χ0) is 16.9. The van der Waals surface area contributed by atoms with E-state index in [4.69, 9.17) is 4.74 Å². The Labute approximate surface area is 143 Å². The van der Waals surface area contributed by atoms with E-state index in [0.717, 1.165) is 4.90 Å². The van der Waals surface area contributed by atoms with Gasteiger partial charge in [0.2, 0.25) is 0 Å². The predicted molar refractivity (Wildman–Crippen MR) is 92.9 cm³/mol. The van der Waals surface area contributed by atoms with Crippen LogP contribution in [-0.4, -0.2) is 22.4 Å². The molecule has 0 bridgehead atoms. The minimum Gasteiger partial charge on any atom is -0.461 e. The van der Waals surface area contributed by atoms with Gasteiger partial charge >= 0.3 is 5.97 Å². The third-order valence-electron chi connectivity index (χ3n) is 3.31. The van der Waals surface area contributed by atoms with E-state index in [0.29, 0.717) is 10.6 Å². The third kappa shape index (κ3) is 3.28. The van der Waals surface area contributed by atoms with Crippen LogP contribution in [0.3, 0.4) is 0 Å². The van der Waals surface area contributed by atoms with Crippen molar-refractivity contribution >= 4 is 17.7 Å². The molecule has 0 fully saturated rings. The van der Waals surface area contributed by atoms with Crippen molar-refractivity contribution in [3.8, 4) is 5.69 Å². The standard InChI is InChI=1S/C18H16N2O3S/c1-2-23-18(22)15-16(24-14-11-7-4-8-12-14)17(21)20(19-15)13-9-5-3-6-10-13/h3-12,19H,2H2,1H3. The second-order valence-corrected chi connectivity index (χ2v) is 6.01. The topological polar surface area (TPSA) is 64.1 Å². The molecule has 2 aromatic carbocycles. The average Bonchev–Trinajstić information content (AvgIpc) is 2.94. The molecule has 122 valence electrons. The molecule has 3 aromatic rings. The number of aromatic nitrogens is 2. The fourth-order valence-electron chi connectivity index (χ4n) is 2.22. The van der Waals surface area contributed by atoms with E-state index in [9.17, 15) is 9.59 Å². The van der Waals surface area contributed by atoms with Gasteiger partial charge in [0, 0.05) is 4.90 Å². The highest BCUT2D eigenvalue weighted by Gasteiger charge is 2.22. The fourth-order valence-corrected chi connectivity index (χ4v) is 3.16. The lowest BCUT2D eigenvalue weighted by Gasteiger charge is -2.02. The number of hydrogen-bond acceptors (Lipinski definition) is 4. The number of para-hydroxylation sites is 1. The first-order valence-corrected chi connectivity index (χ1v) is 8.33. The Morgan fingerprint density at radius 1 is 1.08 bits per heavy atom. The molecular weight excluding hydrogens is 324 g/mol. The molecule has 3 rings (SSSR count). The van der Waals surface area contributed by atoms with Crippen LogP contribution in [-0.2, 0) is 4.74 Å². The van der Waals surface area contributed by atoms with Crippen molar-refractivity contribution in [1.29, 1.82) is 0 Å². The van der Waals surface area contributed by atoms with Gasteiger partial charge in [0.25, 0.3) is 5.56 Å². The lowest BCUT2D eigenvalue weighted by molar-refractivity contribution is 0.0515. The van der Waals surface area contributed by atoms with E-state index in [1.807, 2.05) is 48.5 Å². The van der Waals surface area contributed by atoms with Gasteiger partial charge in [0.05, 0.1) is 12.3 Å². The number of carbonyl (C=O) groups excluding carboxylic acids is 1. The van der Waals surface area contributed by atoms with Crippen LogP contribution in [0.15, 0.2) is 75.2 Å². The summed E-state index contributed by atoms with van der Waals surface area (Å²) in [7, 11) is 0. The SMILES string of the molecule is CCOC(=O)c1[nH]n(-c2ccccc2)c(=O)c1Sc1ccccc1. The highest BCUT2D eigenvalue weighted by molar-refractivity contribution is 7.99. The van der Waals surface area contributed by atoms with Crippen LogP contribution < -0.4 is 5.56 Å². The average molecular weight is 340 g/mol. The minimum absolute atomic E-state index is 0.166. The molecule has 0 radical (unpaired) electrons. The maximum absolute atomic E-state index is 12.8. The molecule has 0 aliphatic carbocycles. The molecule has 0 saturated heterocycles. The summed E-state index contributed by atoms with van der Waals surface area (Å²) in [6.45, 7) is 1.97. The number of benzene rings is 2. The maximum Gasteiger partial charge on any atom is 0.357 e. The van der Waals surface area contributed by atoms with E-state index in [1.165, 1.54) is 16.4 Å². The molecule has 5 nitrogen and oxygen atoms in total. The van der Waals surface area contributed by atoms with Crippen LogP contribution in [0.4, 0.5) is 0 Å². The van der Waals surface area contributed by atoms with Crippen molar-refractivity contribution in [2.24, 2.45) is 0 Å². The van der Waals surface area contributed by atoms with Crippen molar-refractivity contribution in [1.82, 2.24) is 9.78 Å². The molecule has 0 spiro atoms. The van der Waals surface area contributed by atoms with Gasteiger partial charge in [-0.3, -0.25) is 9.89 Å². The summed E-state index contributed by atoms with van der Waals surface area (Å²) >= 11 is 1.25. The van der Waals surface area contributed by atoms with Crippen molar-refractivity contribution in [2.45, 2.75) is 16.7 Å². The number of carbonyl (C=O) groups is 1. The third-order valence-corrected chi connectivity index (χ3v) is 4.40. The largest absolute Gasteiger partial charge is 0.461 e. The molecule has 6 heteroatoms. The van der Waals surface area contributed by atoms with Crippen LogP contribution in [0.1, 0.15) is 17.4 Å². The molecular formula is C18H16N2O3S. The molecule has 1 N–H and O–H groups in total. The number of rotatable bonds is 5. The van der Waals surface area contributed by atoms with Crippen LogP contribution in [0.25, 0.3) is 5.69 Å². The van der Waals surface area contributed by atoms with Gasteiger partial charge in [-0.25, -0.2) is 9.48 Å². The summed E-state index contributed by atoms with van der Waals surface area (Å²) < 4.78 is 6.43. The first-order valence-electron chi connectivity index (χ1n) is 7.51. The Morgan fingerprint density at radius 2 is 1.71 bits per heavy atom. The highest BCUT2D eigenvalue weighted by atomic mass is 32.2. The maximum atomic E-state index is 12.8. The molecule has 0 saturated carbocycles.